The normalized spacial score (nSPS) is 12.7. The molecule has 0 amide bonds. The smallest absolute Gasteiger partial charge is 0.227 e. The monoisotopic (exact) mass is 481 g/mol. The van der Waals surface area contributed by atoms with E-state index in [1.54, 1.807) is 7.11 Å². The first kappa shape index (κ1) is 26.7. The van der Waals surface area contributed by atoms with Crippen LogP contribution in [0.25, 0.3) is 5.69 Å². The van der Waals surface area contributed by atoms with Gasteiger partial charge in [-0.2, -0.15) is 5.10 Å². The van der Waals surface area contributed by atoms with Gasteiger partial charge in [0.2, 0.25) is 5.88 Å². The van der Waals surface area contributed by atoms with Gasteiger partial charge < -0.3 is 19.3 Å². The molecule has 0 saturated heterocycles. The van der Waals surface area contributed by atoms with Crippen LogP contribution in [0.1, 0.15) is 45.4 Å². The SMILES string of the molecule is CCCN(Cc1c(C)nn(-c2ccccc2)c1Oc1ccccc1OC)C[C@H](O)COC(C)(C)C. The van der Waals surface area contributed by atoms with Crippen LogP contribution in [0, 0.1) is 6.92 Å². The van der Waals surface area contributed by atoms with Crippen LogP contribution < -0.4 is 9.47 Å². The second-order valence-corrected chi connectivity index (χ2v) is 9.68. The Morgan fingerprint density at radius 1 is 1.03 bits per heavy atom. The number of para-hydroxylation sites is 3. The summed E-state index contributed by atoms with van der Waals surface area (Å²) in [4.78, 5) is 2.23. The number of aliphatic hydroxyl groups is 1. The van der Waals surface area contributed by atoms with Crippen LogP contribution in [0.3, 0.4) is 0 Å². The van der Waals surface area contributed by atoms with Crippen LogP contribution >= 0.6 is 0 Å². The van der Waals surface area contributed by atoms with Gasteiger partial charge in [-0.25, -0.2) is 4.68 Å². The van der Waals surface area contributed by atoms with Crippen LogP contribution in [-0.2, 0) is 11.3 Å². The molecule has 0 spiro atoms. The van der Waals surface area contributed by atoms with Gasteiger partial charge in [-0.15, -0.1) is 0 Å². The van der Waals surface area contributed by atoms with E-state index in [1.807, 2.05) is 87.0 Å². The maximum Gasteiger partial charge on any atom is 0.227 e. The van der Waals surface area contributed by atoms with E-state index in [9.17, 15) is 5.11 Å². The minimum absolute atomic E-state index is 0.288. The standard InChI is InChI=1S/C28H39N3O4/c1-7-17-30(18-23(32)20-34-28(3,4)5)19-24-21(2)29-31(22-13-9-8-10-14-22)27(24)35-26-16-12-11-15-25(26)33-6/h8-16,23,32H,7,17-20H2,1-6H3/t23-/m0/s1. The number of ether oxygens (including phenoxy) is 3. The van der Waals surface area contributed by atoms with Gasteiger partial charge >= 0.3 is 0 Å². The molecule has 0 fully saturated rings. The molecule has 2 aromatic carbocycles. The second-order valence-electron chi connectivity index (χ2n) is 9.68. The summed E-state index contributed by atoms with van der Waals surface area (Å²) in [5.74, 6) is 1.91. The van der Waals surface area contributed by atoms with Crippen molar-refractivity contribution >= 4 is 0 Å². The molecule has 1 aromatic heterocycles. The number of methoxy groups -OCH3 is 1. The number of rotatable bonds is 12. The largest absolute Gasteiger partial charge is 0.493 e. The van der Waals surface area contributed by atoms with Crippen LogP contribution in [0.2, 0.25) is 0 Å². The molecule has 0 radical (unpaired) electrons. The number of aliphatic hydroxyl groups excluding tert-OH is 1. The third kappa shape index (κ3) is 7.56. The Morgan fingerprint density at radius 3 is 2.31 bits per heavy atom. The van der Waals surface area contributed by atoms with E-state index in [0.29, 0.717) is 30.5 Å². The second kappa shape index (κ2) is 12.2. The van der Waals surface area contributed by atoms with E-state index < -0.39 is 6.10 Å². The number of nitrogens with zero attached hydrogens (tertiary/aromatic N) is 3. The minimum Gasteiger partial charge on any atom is -0.493 e. The van der Waals surface area contributed by atoms with E-state index in [4.69, 9.17) is 19.3 Å². The van der Waals surface area contributed by atoms with E-state index in [0.717, 1.165) is 29.9 Å². The summed E-state index contributed by atoms with van der Waals surface area (Å²) in [6.45, 7) is 12.3. The van der Waals surface area contributed by atoms with E-state index in [1.165, 1.54) is 0 Å². The summed E-state index contributed by atoms with van der Waals surface area (Å²) < 4.78 is 19.6. The fourth-order valence-corrected chi connectivity index (χ4v) is 3.85. The molecular formula is C28H39N3O4. The number of hydrogen-bond donors (Lipinski definition) is 1. The molecular weight excluding hydrogens is 442 g/mol. The highest BCUT2D eigenvalue weighted by Crippen LogP contribution is 2.36. The summed E-state index contributed by atoms with van der Waals surface area (Å²) in [5, 5.41) is 15.5. The summed E-state index contributed by atoms with van der Waals surface area (Å²) in [7, 11) is 1.63. The lowest BCUT2D eigenvalue weighted by Gasteiger charge is -2.27. The van der Waals surface area contributed by atoms with Crippen molar-refractivity contribution in [2.45, 2.75) is 59.3 Å². The molecule has 0 aliphatic rings. The van der Waals surface area contributed by atoms with Gasteiger partial charge in [-0.05, 0) is 64.9 Å². The molecule has 0 saturated carbocycles. The third-order valence-electron chi connectivity index (χ3n) is 5.51. The summed E-state index contributed by atoms with van der Waals surface area (Å²) in [6.07, 6.45) is 0.366. The van der Waals surface area contributed by atoms with Crippen molar-refractivity contribution in [2.75, 3.05) is 26.8 Å². The highest BCUT2D eigenvalue weighted by Gasteiger charge is 2.24. The maximum absolute atomic E-state index is 10.7. The number of aryl methyl sites for hydroxylation is 1. The van der Waals surface area contributed by atoms with Gasteiger partial charge in [-0.3, -0.25) is 4.90 Å². The van der Waals surface area contributed by atoms with Crippen molar-refractivity contribution in [1.29, 1.82) is 0 Å². The van der Waals surface area contributed by atoms with Crippen LogP contribution in [0.15, 0.2) is 54.6 Å². The molecule has 190 valence electrons. The predicted molar refractivity (Wildman–Crippen MR) is 139 cm³/mol. The molecule has 0 aliphatic carbocycles. The van der Waals surface area contributed by atoms with Crippen molar-refractivity contribution in [3.63, 3.8) is 0 Å². The van der Waals surface area contributed by atoms with E-state index in [2.05, 4.69) is 11.8 Å². The van der Waals surface area contributed by atoms with Crippen molar-refractivity contribution < 1.29 is 19.3 Å². The zero-order valence-corrected chi connectivity index (χ0v) is 21.8. The van der Waals surface area contributed by atoms with Crippen LogP contribution in [0.5, 0.6) is 17.4 Å². The van der Waals surface area contributed by atoms with Gasteiger partial charge in [0, 0.05) is 13.1 Å². The Labute approximate surface area is 209 Å². The quantitative estimate of drug-likeness (QED) is 0.375. The van der Waals surface area contributed by atoms with Crippen molar-refractivity contribution in [1.82, 2.24) is 14.7 Å². The molecule has 0 aliphatic heterocycles. The average molecular weight is 482 g/mol. The fourth-order valence-electron chi connectivity index (χ4n) is 3.85. The lowest BCUT2D eigenvalue weighted by atomic mass is 10.2. The third-order valence-corrected chi connectivity index (χ3v) is 5.51. The Bertz CT molecular complexity index is 1060. The molecule has 1 atom stereocenters. The molecule has 7 nitrogen and oxygen atoms in total. The zero-order chi connectivity index (χ0) is 25.4. The molecule has 1 heterocycles. The van der Waals surface area contributed by atoms with Gasteiger partial charge in [0.05, 0.1) is 42.4 Å². The first-order valence-electron chi connectivity index (χ1n) is 12.2. The Kier molecular flexibility index (Phi) is 9.32. The molecule has 3 aromatic rings. The molecule has 7 heteroatoms. The Morgan fingerprint density at radius 2 is 1.69 bits per heavy atom. The number of hydrogen-bond acceptors (Lipinski definition) is 6. The highest BCUT2D eigenvalue weighted by atomic mass is 16.5. The lowest BCUT2D eigenvalue weighted by Crippen LogP contribution is -2.37. The van der Waals surface area contributed by atoms with Gasteiger partial charge in [0.1, 0.15) is 0 Å². The maximum atomic E-state index is 10.7. The van der Waals surface area contributed by atoms with Gasteiger partial charge in [0.25, 0.3) is 0 Å². The first-order valence-corrected chi connectivity index (χ1v) is 12.2. The van der Waals surface area contributed by atoms with Crippen molar-refractivity contribution in [3.8, 4) is 23.1 Å². The average Bonchev–Trinajstić information content (AvgIpc) is 3.13. The van der Waals surface area contributed by atoms with Crippen molar-refractivity contribution in [2.24, 2.45) is 0 Å². The van der Waals surface area contributed by atoms with Crippen LogP contribution in [0.4, 0.5) is 0 Å². The number of benzene rings is 2. The summed E-state index contributed by atoms with van der Waals surface area (Å²) in [5.41, 5.74) is 2.46. The lowest BCUT2D eigenvalue weighted by molar-refractivity contribution is -0.0567. The molecule has 35 heavy (non-hydrogen) atoms. The van der Waals surface area contributed by atoms with E-state index in [-0.39, 0.29) is 12.2 Å². The van der Waals surface area contributed by atoms with Gasteiger partial charge in [0.15, 0.2) is 11.5 Å². The highest BCUT2D eigenvalue weighted by molar-refractivity contribution is 5.47. The predicted octanol–water partition coefficient (Wildman–Crippen LogP) is 5.37. The topological polar surface area (TPSA) is 69.0 Å². The summed E-state index contributed by atoms with van der Waals surface area (Å²) in [6, 6.07) is 17.5. The molecule has 3 rings (SSSR count). The Balaban J connectivity index is 1.94. The van der Waals surface area contributed by atoms with Gasteiger partial charge in [-0.1, -0.05) is 37.3 Å². The fraction of sp³-hybridized carbons (Fsp3) is 0.464. The van der Waals surface area contributed by atoms with Crippen LogP contribution in [-0.4, -0.2) is 58.3 Å². The molecule has 0 bridgehead atoms. The number of aromatic nitrogens is 2. The molecule has 0 unspecified atom stereocenters. The Hall–Kier alpha value is -2.87. The summed E-state index contributed by atoms with van der Waals surface area (Å²) >= 11 is 0. The minimum atomic E-state index is -0.594. The molecule has 1 N–H and O–H groups in total. The van der Waals surface area contributed by atoms with Crippen molar-refractivity contribution in [3.05, 3.63) is 65.9 Å². The zero-order valence-electron chi connectivity index (χ0n) is 21.8. The van der Waals surface area contributed by atoms with E-state index >= 15 is 0 Å². The first-order chi connectivity index (χ1) is 16.7.